The third-order valence-corrected chi connectivity index (χ3v) is 3.68. The zero-order chi connectivity index (χ0) is 13.7. The van der Waals surface area contributed by atoms with Gasteiger partial charge in [-0.1, -0.05) is 48.4 Å². The summed E-state index contributed by atoms with van der Waals surface area (Å²) in [6.45, 7) is 6.30. The lowest BCUT2D eigenvalue weighted by Crippen LogP contribution is -2.31. The molecule has 3 heteroatoms. The summed E-state index contributed by atoms with van der Waals surface area (Å²) in [6.07, 6.45) is 4.27. The minimum Gasteiger partial charge on any atom is -0.358 e. The van der Waals surface area contributed by atoms with E-state index in [1.165, 1.54) is 11.3 Å². The molecule has 0 aliphatic carbocycles. The van der Waals surface area contributed by atoms with Gasteiger partial charge in [0.05, 0.1) is 0 Å². The Morgan fingerprint density at radius 1 is 1.42 bits per heavy atom. The van der Waals surface area contributed by atoms with Crippen LogP contribution in [0.15, 0.2) is 41.6 Å². The summed E-state index contributed by atoms with van der Waals surface area (Å²) in [5.74, 6) is 0. The number of benzene rings is 1. The molecule has 1 aliphatic rings. The average molecular weight is 277 g/mol. The van der Waals surface area contributed by atoms with Crippen molar-refractivity contribution in [2.75, 3.05) is 13.1 Å². The van der Waals surface area contributed by atoms with Gasteiger partial charge in [0.1, 0.15) is 0 Å². The second kappa shape index (κ2) is 6.78. The summed E-state index contributed by atoms with van der Waals surface area (Å²) in [6, 6.07) is 7.97. The molecule has 1 aliphatic heterocycles. The Balaban J connectivity index is 2.27. The summed E-state index contributed by atoms with van der Waals surface area (Å²) >= 11 is 6.30. The Labute approximate surface area is 120 Å². The molecule has 0 fully saturated rings. The third kappa shape index (κ3) is 3.62. The molecule has 0 bridgehead atoms. The lowest BCUT2D eigenvalue weighted by Gasteiger charge is -2.22. The van der Waals surface area contributed by atoms with E-state index in [1.807, 2.05) is 18.2 Å². The van der Waals surface area contributed by atoms with E-state index in [1.54, 1.807) is 0 Å². The standard InChI is InChI=1S/C16H21ClN2/c1-3-6-15(13-7-4-5-8-14(13)17)19-16-11-18-10-9-12(16)2/h4-8,18-19H,3,9-11H2,1-2H3/b15-6+. The van der Waals surface area contributed by atoms with Crippen LogP contribution in [-0.4, -0.2) is 13.1 Å². The van der Waals surface area contributed by atoms with Crippen LogP contribution in [-0.2, 0) is 0 Å². The summed E-state index contributed by atoms with van der Waals surface area (Å²) in [5, 5.41) is 7.74. The van der Waals surface area contributed by atoms with Crippen molar-refractivity contribution in [1.29, 1.82) is 0 Å². The second-order valence-electron chi connectivity index (χ2n) is 4.82. The van der Waals surface area contributed by atoms with E-state index in [9.17, 15) is 0 Å². The van der Waals surface area contributed by atoms with Crippen LogP contribution in [0.4, 0.5) is 0 Å². The van der Waals surface area contributed by atoms with Gasteiger partial charge >= 0.3 is 0 Å². The molecule has 0 aromatic heterocycles. The minimum absolute atomic E-state index is 0.789. The first kappa shape index (κ1) is 14.2. The number of allylic oxidation sites excluding steroid dienone is 1. The molecule has 0 amide bonds. The molecule has 19 heavy (non-hydrogen) atoms. The SMILES string of the molecule is CC/C=C(/NC1=C(C)CCNC1)c1ccccc1Cl. The van der Waals surface area contributed by atoms with E-state index in [0.717, 1.165) is 42.2 Å². The monoisotopic (exact) mass is 276 g/mol. The van der Waals surface area contributed by atoms with Crippen LogP contribution in [0.5, 0.6) is 0 Å². The molecule has 0 spiro atoms. The molecule has 0 saturated carbocycles. The number of rotatable bonds is 4. The highest BCUT2D eigenvalue weighted by molar-refractivity contribution is 6.32. The lowest BCUT2D eigenvalue weighted by atomic mass is 10.1. The van der Waals surface area contributed by atoms with E-state index in [2.05, 4.69) is 36.6 Å². The Morgan fingerprint density at radius 3 is 2.89 bits per heavy atom. The third-order valence-electron chi connectivity index (χ3n) is 3.35. The summed E-state index contributed by atoms with van der Waals surface area (Å²) in [4.78, 5) is 0. The molecule has 2 rings (SSSR count). The molecule has 0 unspecified atom stereocenters. The fourth-order valence-corrected chi connectivity index (χ4v) is 2.45. The van der Waals surface area contributed by atoms with Crippen molar-refractivity contribution in [2.24, 2.45) is 0 Å². The van der Waals surface area contributed by atoms with Gasteiger partial charge in [-0.15, -0.1) is 0 Å². The Hall–Kier alpha value is -1.25. The highest BCUT2D eigenvalue weighted by Crippen LogP contribution is 2.24. The van der Waals surface area contributed by atoms with Crippen LogP contribution in [0.3, 0.4) is 0 Å². The highest BCUT2D eigenvalue weighted by Gasteiger charge is 2.12. The fourth-order valence-electron chi connectivity index (χ4n) is 2.22. The molecule has 1 aromatic rings. The van der Waals surface area contributed by atoms with Gasteiger partial charge in [0.2, 0.25) is 0 Å². The van der Waals surface area contributed by atoms with Crippen molar-refractivity contribution in [3.8, 4) is 0 Å². The van der Waals surface area contributed by atoms with Crippen molar-refractivity contribution in [3.05, 3.63) is 52.2 Å². The normalized spacial score (nSPS) is 16.7. The Kier molecular flexibility index (Phi) is 5.06. The van der Waals surface area contributed by atoms with E-state index < -0.39 is 0 Å². The van der Waals surface area contributed by atoms with Crippen molar-refractivity contribution >= 4 is 17.3 Å². The van der Waals surface area contributed by atoms with Crippen molar-refractivity contribution < 1.29 is 0 Å². The van der Waals surface area contributed by atoms with Gasteiger partial charge in [-0.2, -0.15) is 0 Å². The molecular weight excluding hydrogens is 256 g/mol. The predicted octanol–water partition coefficient (Wildman–Crippen LogP) is 3.95. The first-order valence-electron chi connectivity index (χ1n) is 6.83. The van der Waals surface area contributed by atoms with Gasteiger partial charge in [0, 0.05) is 28.5 Å². The zero-order valence-corrected chi connectivity index (χ0v) is 12.3. The predicted molar refractivity (Wildman–Crippen MR) is 83.0 cm³/mol. The largest absolute Gasteiger partial charge is 0.358 e. The summed E-state index contributed by atoms with van der Waals surface area (Å²) in [5.41, 5.74) is 4.86. The zero-order valence-electron chi connectivity index (χ0n) is 11.6. The molecule has 2 N–H and O–H groups in total. The quantitative estimate of drug-likeness (QED) is 0.870. The number of hydrogen-bond donors (Lipinski definition) is 2. The topological polar surface area (TPSA) is 24.1 Å². The van der Waals surface area contributed by atoms with Crippen LogP contribution in [0.2, 0.25) is 5.02 Å². The van der Waals surface area contributed by atoms with Crippen molar-refractivity contribution in [2.45, 2.75) is 26.7 Å². The van der Waals surface area contributed by atoms with Crippen molar-refractivity contribution in [1.82, 2.24) is 10.6 Å². The molecule has 0 saturated heterocycles. The van der Waals surface area contributed by atoms with Crippen LogP contribution >= 0.6 is 11.6 Å². The van der Waals surface area contributed by atoms with E-state index >= 15 is 0 Å². The van der Waals surface area contributed by atoms with Crippen molar-refractivity contribution in [3.63, 3.8) is 0 Å². The van der Waals surface area contributed by atoms with Crippen LogP contribution < -0.4 is 10.6 Å². The molecule has 0 atom stereocenters. The maximum absolute atomic E-state index is 6.30. The smallest absolute Gasteiger partial charge is 0.0499 e. The maximum atomic E-state index is 6.30. The van der Waals surface area contributed by atoms with Gasteiger partial charge in [0.15, 0.2) is 0 Å². The summed E-state index contributed by atoms with van der Waals surface area (Å²) < 4.78 is 0. The van der Waals surface area contributed by atoms with Crippen LogP contribution in [0, 0.1) is 0 Å². The fraction of sp³-hybridized carbons (Fsp3) is 0.375. The maximum Gasteiger partial charge on any atom is 0.0499 e. The van der Waals surface area contributed by atoms with Crippen LogP contribution in [0.1, 0.15) is 32.3 Å². The molecular formula is C16H21ClN2. The van der Waals surface area contributed by atoms with Gasteiger partial charge in [0.25, 0.3) is 0 Å². The van der Waals surface area contributed by atoms with Gasteiger partial charge in [-0.25, -0.2) is 0 Å². The van der Waals surface area contributed by atoms with E-state index in [4.69, 9.17) is 11.6 Å². The Morgan fingerprint density at radius 2 is 2.21 bits per heavy atom. The molecule has 102 valence electrons. The van der Waals surface area contributed by atoms with Gasteiger partial charge in [-0.3, -0.25) is 0 Å². The average Bonchev–Trinajstić information content (AvgIpc) is 2.41. The molecule has 1 aromatic carbocycles. The number of halogens is 1. The Bertz CT molecular complexity index is 503. The van der Waals surface area contributed by atoms with Gasteiger partial charge < -0.3 is 10.6 Å². The minimum atomic E-state index is 0.789. The lowest BCUT2D eigenvalue weighted by molar-refractivity contribution is 0.655. The molecule has 1 heterocycles. The first-order valence-corrected chi connectivity index (χ1v) is 7.21. The summed E-state index contributed by atoms with van der Waals surface area (Å²) in [7, 11) is 0. The number of hydrogen-bond acceptors (Lipinski definition) is 2. The van der Waals surface area contributed by atoms with Gasteiger partial charge in [-0.05, 0) is 32.4 Å². The van der Waals surface area contributed by atoms with Crippen LogP contribution in [0.25, 0.3) is 5.70 Å². The number of nitrogens with one attached hydrogen (secondary N) is 2. The van der Waals surface area contributed by atoms with E-state index in [-0.39, 0.29) is 0 Å². The second-order valence-corrected chi connectivity index (χ2v) is 5.22. The molecule has 2 nitrogen and oxygen atoms in total. The highest BCUT2D eigenvalue weighted by atomic mass is 35.5. The van der Waals surface area contributed by atoms with E-state index in [0.29, 0.717) is 0 Å². The molecule has 0 radical (unpaired) electrons. The first-order chi connectivity index (χ1) is 9.22.